The van der Waals surface area contributed by atoms with E-state index in [1.807, 2.05) is 18.2 Å². The number of benzene rings is 1. The number of halogens is 2. The van der Waals surface area contributed by atoms with Crippen molar-refractivity contribution in [1.29, 1.82) is 0 Å². The molecular formula is C22H26Br2N2O4. The first-order valence-corrected chi connectivity index (χ1v) is 12.3. The first-order valence-electron chi connectivity index (χ1n) is 10.5. The van der Waals surface area contributed by atoms with Crippen molar-refractivity contribution in [3.63, 3.8) is 0 Å². The van der Waals surface area contributed by atoms with Gasteiger partial charge < -0.3 is 10.1 Å². The SMILES string of the molecule is COc1cccc(NC(=O)CCCCCN2C(=O)[C@@H]3[C@H]4C[C@@H]([C@H](Br)[C@@H]4Br)[C@@H]3C2=O)c1. The van der Waals surface area contributed by atoms with Crippen molar-refractivity contribution in [3.8, 4) is 5.75 Å². The first kappa shape index (κ1) is 21.8. The van der Waals surface area contributed by atoms with Crippen LogP contribution < -0.4 is 10.1 Å². The zero-order chi connectivity index (χ0) is 21.4. The van der Waals surface area contributed by atoms with Crippen molar-refractivity contribution < 1.29 is 19.1 Å². The number of rotatable bonds is 8. The standard InChI is InChI=1S/C22H26Br2N2O4/c1-30-13-7-5-6-12(10-13)25-16(27)8-3-2-4-9-26-21(28)17-14-11-15(18(17)22(26)29)20(24)19(14)23/h5-7,10,14-15,17-20H,2-4,8-9,11H2,1H3,(H,25,27)/t14-,15-,17-,18+,19-,20+/m1/s1. The van der Waals surface area contributed by atoms with Crippen molar-refractivity contribution in [2.24, 2.45) is 23.7 Å². The topological polar surface area (TPSA) is 75.7 Å². The summed E-state index contributed by atoms with van der Waals surface area (Å²) in [7, 11) is 1.59. The Morgan fingerprint density at radius 3 is 2.40 bits per heavy atom. The first-order chi connectivity index (χ1) is 14.4. The number of hydrogen-bond acceptors (Lipinski definition) is 4. The molecule has 6 nitrogen and oxygen atoms in total. The average molecular weight is 542 g/mol. The van der Waals surface area contributed by atoms with Crippen LogP contribution in [-0.2, 0) is 14.4 Å². The molecule has 0 aromatic heterocycles. The highest BCUT2D eigenvalue weighted by Gasteiger charge is 2.66. The highest BCUT2D eigenvalue weighted by molar-refractivity contribution is 9.12. The number of nitrogens with one attached hydrogen (secondary N) is 1. The summed E-state index contributed by atoms with van der Waals surface area (Å²) in [5, 5.41) is 2.87. The number of likely N-dealkylation sites (tertiary alicyclic amines) is 1. The van der Waals surface area contributed by atoms with Gasteiger partial charge in [-0.2, -0.15) is 0 Å². The van der Waals surface area contributed by atoms with Crippen molar-refractivity contribution in [2.75, 3.05) is 19.0 Å². The van der Waals surface area contributed by atoms with Gasteiger partial charge in [0.25, 0.3) is 0 Å². The smallest absolute Gasteiger partial charge is 0.233 e. The lowest BCUT2D eigenvalue weighted by molar-refractivity contribution is -0.140. The van der Waals surface area contributed by atoms with Gasteiger partial charge in [0.15, 0.2) is 0 Å². The molecule has 2 aliphatic carbocycles. The van der Waals surface area contributed by atoms with E-state index in [0.29, 0.717) is 24.4 Å². The number of nitrogens with zero attached hydrogens (tertiary/aromatic N) is 1. The molecule has 1 aliphatic heterocycles. The average Bonchev–Trinajstić information content (AvgIpc) is 3.34. The highest BCUT2D eigenvalue weighted by atomic mass is 79.9. The number of unbranched alkanes of at least 4 members (excludes halogenated alkanes) is 2. The quantitative estimate of drug-likeness (QED) is 0.307. The predicted octanol–water partition coefficient (Wildman–Crippen LogP) is 3.97. The molecule has 1 N–H and O–H groups in total. The van der Waals surface area contributed by atoms with E-state index in [1.165, 1.54) is 4.90 Å². The number of fused-ring (bicyclic) bond motifs is 5. The second-order valence-corrected chi connectivity index (χ2v) is 10.5. The molecule has 3 amide bonds. The van der Waals surface area contributed by atoms with Crippen LogP contribution in [0.5, 0.6) is 5.75 Å². The van der Waals surface area contributed by atoms with Crippen LogP contribution in [0.15, 0.2) is 24.3 Å². The normalized spacial score (nSPS) is 31.9. The van der Waals surface area contributed by atoms with Gasteiger partial charge in [0.1, 0.15) is 5.75 Å². The van der Waals surface area contributed by atoms with Gasteiger partial charge in [-0.05, 0) is 43.2 Å². The zero-order valence-electron chi connectivity index (χ0n) is 16.9. The molecule has 1 aromatic rings. The summed E-state index contributed by atoms with van der Waals surface area (Å²) < 4.78 is 5.16. The Labute approximate surface area is 193 Å². The lowest BCUT2D eigenvalue weighted by atomic mass is 9.81. The minimum Gasteiger partial charge on any atom is -0.497 e. The predicted molar refractivity (Wildman–Crippen MR) is 121 cm³/mol. The Kier molecular flexibility index (Phi) is 6.53. The van der Waals surface area contributed by atoms with Gasteiger partial charge in [0.2, 0.25) is 17.7 Å². The summed E-state index contributed by atoms with van der Waals surface area (Å²) in [5.74, 6) is 0.896. The van der Waals surface area contributed by atoms with E-state index in [1.54, 1.807) is 13.2 Å². The molecule has 8 heteroatoms. The summed E-state index contributed by atoms with van der Waals surface area (Å²) >= 11 is 7.42. The third-order valence-electron chi connectivity index (χ3n) is 6.72. The van der Waals surface area contributed by atoms with Gasteiger partial charge in [-0.3, -0.25) is 19.3 Å². The maximum atomic E-state index is 12.9. The zero-order valence-corrected chi connectivity index (χ0v) is 20.0. The van der Waals surface area contributed by atoms with Crippen LogP contribution in [0.4, 0.5) is 5.69 Å². The van der Waals surface area contributed by atoms with Crippen LogP contribution in [0, 0.1) is 23.7 Å². The van der Waals surface area contributed by atoms with Crippen LogP contribution in [0.2, 0.25) is 0 Å². The fourth-order valence-corrected chi connectivity index (χ4v) is 7.16. The Morgan fingerprint density at radius 1 is 1.10 bits per heavy atom. The summed E-state index contributed by atoms with van der Waals surface area (Å²) in [4.78, 5) is 39.9. The third-order valence-corrected chi connectivity index (χ3v) is 9.92. The van der Waals surface area contributed by atoms with Gasteiger partial charge in [-0.15, -0.1) is 0 Å². The van der Waals surface area contributed by atoms with Crippen LogP contribution in [-0.4, -0.2) is 45.9 Å². The molecule has 0 unspecified atom stereocenters. The Bertz CT molecular complexity index is 816. The number of methoxy groups -OCH3 is 1. The number of alkyl halides is 2. The van der Waals surface area contributed by atoms with E-state index in [-0.39, 0.29) is 51.0 Å². The molecule has 1 aromatic carbocycles. The second-order valence-electron chi connectivity index (χ2n) is 8.42. The molecule has 3 aliphatic rings. The fourth-order valence-electron chi connectivity index (χ4n) is 5.29. The molecule has 2 saturated carbocycles. The molecule has 30 heavy (non-hydrogen) atoms. The number of carbonyl (C=O) groups is 3. The molecular weight excluding hydrogens is 516 g/mol. The maximum Gasteiger partial charge on any atom is 0.233 e. The molecule has 1 saturated heterocycles. The number of carbonyl (C=O) groups excluding carboxylic acids is 3. The molecule has 3 fully saturated rings. The third kappa shape index (κ3) is 3.93. The molecule has 2 bridgehead atoms. The van der Waals surface area contributed by atoms with Gasteiger partial charge in [0.05, 0.1) is 18.9 Å². The minimum atomic E-state index is -0.144. The molecule has 0 spiro atoms. The molecule has 4 rings (SSSR count). The number of amides is 3. The summed E-state index contributed by atoms with van der Waals surface area (Å²) in [6.45, 7) is 0.460. The molecule has 162 valence electrons. The molecule has 1 heterocycles. The van der Waals surface area contributed by atoms with Crippen molar-refractivity contribution >= 4 is 55.3 Å². The van der Waals surface area contributed by atoms with E-state index in [2.05, 4.69) is 37.2 Å². The van der Waals surface area contributed by atoms with Gasteiger partial charge >= 0.3 is 0 Å². The molecule has 6 atom stereocenters. The van der Waals surface area contributed by atoms with E-state index in [0.717, 1.165) is 25.7 Å². The van der Waals surface area contributed by atoms with Gasteiger partial charge in [-0.25, -0.2) is 0 Å². The van der Waals surface area contributed by atoms with E-state index in [9.17, 15) is 14.4 Å². The van der Waals surface area contributed by atoms with E-state index < -0.39 is 0 Å². The lowest BCUT2D eigenvalue weighted by Crippen LogP contribution is -2.37. The monoisotopic (exact) mass is 540 g/mol. The van der Waals surface area contributed by atoms with Crippen LogP contribution in [0.1, 0.15) is 32.1 Å². The lowest BCUT2D eigenvalue weighted by Gasteiger charge is -2.28. The number of hydrogen-bond donors (Lipinski definition) is 1. The van der Waals surface area contributed by atoms with Crippen LogP contribution in [0.25, 0.3) is 0 Å². The number of anilines is 1. The maximum absolute atomic E-state index is 12.9. The van der Waals surface area contributed by atoms with Crippen molar-refractivity contribution in [2.45, 2.75) is 41.8 Å². The fraction of sp³-hybridized carbons (Fsp3) is 0.591. The Balaban J connectivity index is 1.20. The van der Waals surface area contributed by atoms with Crippen molar-refractivity contribution in [3.05, 3.63) is 24.3 Å². The second kappa shape index (κ2) is 8.99. The summed E-state index contributed by atoms with van der Waals surface area (Å²) in [6.07, 6.45) is 3.61. The van der Waals surface area contributed by atoms with Gasteiger partial charge in [0, 0.05) is 34.4 Å². The van der Waals surface area contributed by atoms with Gasteiger partial charge in [-0.1, -0.05) is 44.3 Å². The van der Waals surface area contributed by atoms with E-state index >= 15 is 0 Å². The summed E-state index contributed by atoms with van der Waals surface area (Å²) in [5.41, 5.74) is 0.712. The minimum absolute atomic E-state index is 0.0112. The summed E-state index contributed by atoms with van der Waals surface area (Å²) in [6, 6.07) is 7.26. The van der Waals surface area contributed by atoms with E-state index in [4.69, 9.17) is 4.74 Å². The van der Waals surface area contributed by atoms with Crippen LogP contribution in [0.3, 0.4) is 0 Å². The Hall–Kier alpha value is -1.41. The number of ether oxygens (including phenoxy) is 1. The van der Waals surface area contributed by atoms with Crippen LogP contribution >= 0.6 is 31.9 Å². The molecule has 0 radical (unpaired) electrons. The van der Waals surface area contributed by atoms with Crippen molar-refractivity contribution in [1.82, 2.24) is 4.90 Å². The Morgan fingerprint density at radius 2 is 1.77 bits per heavy atom. The highest BCUT2D eigenvalue weighted by Crippen LogP contribution is 2.60. The number of imide groups is 1. The largest absolute Gasteiger partial charge is 0.497 e.